The SMILES string of the molecule is CCOC(CCNC(=O)[C@@H](NS(=O)(=O)c1ccc2c(c1)CCC(=O)N2)c1ccccc1)OCC. The van der Waals surface area contributed by atoms with Crippen LogP contribution in [0.4, 0.5) is 5.69 Å². The van der Waals surface area contributed by atoms with Crippen LogP contribution < -0.4 is 15.4 Å². The van der Waals surface area contributed by atoms with Gasteiger partial charge in [0.15, 0.2) is 6.29 Å². The Bertz CT molecular complexity index is 1090. The van der Waals surface area contributed by atoms with Crippen molar-refractivity contribution < 1.29 is 27.5 Å². The van der Waals surface area contributed by atoms with Gasteiger partial charge in [-0.25, -0.2) is 8.42 Å². The number of anilines is 1. The molecule has 1 atom stereocenters. The lowest BCUT2D eigenvalue weighted by atomic mass is 10.0. The zero-order chi connectivity index (χ0) is 24.6. The van der Waals surface area contributed by atoms with Gasteiger partial charge in [-0.2, -0.15) is 4.72 Å². The first-order valence-corrected chi connectivity index (χ1v) is 12.8. The van der Waals surface area contributed by atoms with Gasteiger partial charge >= 0.3 is 0 Å². The monoisotopic (exact) mass is 489 g/mol. The predicted octanol–water partition coefficient (Wildman–Crippen LogP) is 2.50. The van der Waals surface area contributed by atoms with Crippen LogP contribution in [-0.4, -0.2) is 46.3 Å². The first-order chi connectivity index (χ1) is 16.3. The molecule has 3 rings (SSSR count). The number of hydrogen-bond donors (Lipinski definition) is 3. The van der Waals surface area contributed by atoms with Gasteiger partial charge in [-0.3, -0.25) is 9.59 Å². The van der Waals surface area contributed by atoms with E-state index in [0.717, 1.165) is 5.56 Å². The summed E-state index contributed by atoms with van der Waals surface area (Å²) in [5.41, 5.74) is 1.85. The molecule has 0 radical (unpaired) electrons. The number of carbonyl (C=O) groups is 2. The average molecular weight is 490 g/mol. The maximum absolute atomic E-state index is 13.2. The quantitative estimate of drug-likeness (QED) is 0.394. The Labute approximate surface area is 200 Å². The molecule has 10 heteroatoms. The topological polar surface area (TPSA) is 123 Å². The van der Waals surface area contributed by atoms with Crippen molar-refractivity contribution in [1.82, 2.24) is 10.0 Å². The number of carbonyl (C=O) groups excluding carboxylic acids is 2. The van der Waals surface area contributed by atoms with E-state index < -0.39 is 28.3 Å². The zero-order valence-electron chi connectivity index (χ0n) is 19.4. The molecule has 0 saturated carbocycles. The molecule has 2 aromatic carbocycles. The molecule has 1 heterocycles. The molecule has 0 aliphatic carbocycles. The second kappa shape index (κ2) is 12.1. The van der Waals surface area contributed by atoms with Gasteiger partial charge in [0.25, 0.3) is 0 Å². The predicted molar refractivity (Wildman–Crippen MR) is 128 cm³/mol. The van der Waals surface area contributed by atoms with E-state index in [1.54, 1.807) is 36.4 Å². The Kier molecular flexibility index (Phi) is 9.17. The van der Waals surface area contributed by atoms with Crippen LogP contribution in [0.1, 0.15) is 43.9 Å². The highest BCUT2D eigenvalue weighted by molar-refractivity contribution is 7.89. The fraction of sp³-hybridized carbons (Fsp3) is 0.417. The summed E-state index contributed by atoms with van der Waals surface area (Å²) in [5.74, 6) is -0.579. The molecule has 1 aliphatic heterocycles. The summed E-state index contributed by atoms with van der Waals surface area (Å²) in [4.78, 5) is 24.7. The molecule has 2 aromatic rings. The van der Waals surface area contributed by atoms with E-state index >= 15 is 0 Å². The molecule has 1 aliphatic rings. The van der Waals surface area contributed by atoms with Gasteiger partial charge in [0.2, 0.25) is 21.8 Å². The molecule has 0 unspecified atom stereocenters. The number of ether oxygens (including phenoxy) is 2. The number of nitrogens with one attached hydrogen (secondary N) is 3. The van der Waals surface area contributed by atoms with Gasteiger partial charge in [-0.1, -0.05) is 30.3 Å². The molecule has 2 amide bonds. The fourth-order valence-corrected chi connectivity index (χ4v) is 4.90. The summed E-state index contributed by atoms with van der Waals surface area (Å²) in [6.07, 6.45) is 0.730. The van der Waals surface area contributed by atoms with Crippen molar-refractivity contribution in [1.29, 1.82) is 0 Å². The number of amides is 2. The number of hydrogen-bond acceptors (Lipinski definition) is 6. The average Bonchev–Trinajstić information content (AvgIpc) is 2.83. The van der Waals surface area contributed by atoms with E-state index in [-0.39, 0.29) is 17.3 Å². The van der Waals surface area contributed by atoms with Gasteiger partial charge in [-0.15, -0.1) is 0 Å². The van der Waals surface area contributed by atoms with Crippen LogP contribution in [0.25, 0.3) is 0 Å². The van der Waals surface area contributed by atoms with E-state index in [1.165, 1.54) is 12.1 Å². The standard InChI is InChI=1S/C24H31N3O6S/c1-3-32-22(33-4-2)14-15-25-24(29)23(17-8-6-5-7-9-17)27-34(30,31)19-11-12-20-18(16-19)10-13-21(28)26-20/h5-9,11-12,16,22-23,27H,3-4,10,13-15H2,1-2H3,(H,25,29)(H,26,28)/t23-/m0/s1. The molecule has 0 saturated heterocycles. The van der Waals surface area contributed by atoms with Crippen LogP contribution in [0.15, 0.2) is 53.4 Å². The van der Waals surface area contributed by atoms with Gasteiger partial charge in [0, 0.05) is 38.3 Å². The normalized spacial score (nSPS) is 14.4. The Morgan fingerprint density at radius 3 is 2.44 bits per heavy atom. The highest BCUT2D eigenvalue weighted by Crippen LogP contribution is 2.26. The maximum atomic E-state index is 13.2. The summed E-state index contributed by atoms with van der Waals surface area (Å²) >= 11 is 0. The number of sulfonamides is 1. The van der Waals surface area contributed by atoms with E-state index in [4.69, 9.17) is 9.47 Å². The van der Waals surface area contributed by atoms with Crippen LogP contribution in [0.3, 0.4) is 0 Å². The molecular formula is C24H31N3O6S. The summed E-state index contributed by atoms with van der Waals surface area (Å²) in [6, 6.07) is 12.1. The third kappa shape index (κ3) is 6.86. The lowest BCUT2D eigenvalue weighted by molar-refractivity contribution is -0.140. The minimum absolute atomic E-state index is 0.0314. The van der Waals surface area contributed by atoms with Crippen LogP contribution in [0.2, 0.25) is 0 Å². The maximum Gasteiger partial charge on any atom is 0.242 e. The van der Waals surface area contributed by atoms with E-state index in [1.807, 2.05) is 13.8 Å². The van der Waals surface area contributed by atoms with E-state index in [0.29, 0.717) is 43.7 Å². The summed E-state index contributed by atoms with van der Waals surface area (Å²) in [5, 5.41) is 5.52. The molecule has 0 spiro atoms. The Morgan fingerprint density at radius 1 is 1.06 bits per heavy atom. The minimum atomic E-state index is -4.03. The lowest BCUT2D eigenvalue weighted by Crippen LogP contribution is -2.41. The molecule has 9 nitrogen and oxygen atoms in total. The second-order valence-electron chi connectivity index (χ2n) is 7.75. The lowest BCUT2D eigenvalue weighted by Gasteiger charge is -2.22. The van der Waals surface area contributed by atoms with Crippen LogP contribution in [0, 0.1) is 0 Å². The molecule has 0 bridgehead atoms. The van der Waals surface area contributed by atoms with E-state index in [2.05, 4.69) is 15.4 Å². The Hall–Kier alpha value is -2.79. The molecule has 3 N–H and O–H groups in total. The third-order valence-electron chi connectivity index (χ3n) is 5.33. The number of fused-ring (bicyclic) bond motifs is 1. The molecule has 184 valence electrons. The fourth-order valence-electron chi connectivity index (χ4n) is 3.67. The van der Waals surface area contributed by atoms with Crippen molar-refractivity contribution in [3.8, 4) is 0 Å². The van der Waals surface area contributed by atoms with Crippen molar-refractivity contribution in [3.63, 3.8) is 0 Å². The first-order valence-electron chi connectivity index (χ1n) is 11.3. The van der Waals surface area contributed by atoms with Crippen molar-refractivity contribution in [2.75, 3.05) is 25.1 Å². The number of aryl methyl sites for hydroxylation is 1. The van der Waals surface area contributed by atoms with Crippen LogP contribution >= 0.6 is 0 Å². The molecule has 0 aromatic heterocycles. The van der Waals surface area contributed by atoms with E-state index in [9.17, 15) is 18.0 Å². The van der Waals surface area contributed by atoms with Crippen LogP contribution in [-0.2, 0) is 35.5 Å². The largest absolute Gasteiger partial charge is 0.354 e. The van der Waals surface area contributed by atoms with Crippen molar-refractivity contribution in [2.45, 2.75) is 50.3 Å². The number of benzene rings is 2. The van der Waals surface area contributed by atoms with Crippen molar-refractivity contribution in [2.24, 2.45) is 0 Å². The van der Waals surface area contributed by atoms with Crippen molar-refractivity contribution >= 4 is 27.5 Å². The summed E-state index contributed by atoms with van der Waals surface area (Å²) in [6.45, 7) is 4.94. The first kappa shape index (κ1) is 25.8. The number of rotatable bonds is 12. The van der Waals surface area contributed by atoms with Gasteiger partial charge in [0.05, 0.1) is 4.90 Å². The van der Waals surface area contributed by atoms with Crippen molar-refractivity contribution in [3.05, 3.63) is 59.7 Å². The van der Waals surface area contributed by atoms with Gasteiger partial charge in [0.1, 0.15) is 6.04 Å². The Morgan fingerprint density at radius 2 is 1.76 bits per heavy atom. The molecule has 0 fully saturated rings. The minimum Gasteiger partial charge on any atom is -0.354 e. The molecular weight excluding hydrogens is 458 g/mol. The highest BCUT2D eigenvalue weighted by atomic mass is 32.2. The Balaban J connectivity index is 1.76. The third-order valence-corrected chi connectivity index (χ3v) is 6.76. The van der Waals surface area contributed by atoms with Crippen LogP contribution in [0.5, 0.6) is 0 Å². The zero-order valence-corrected chi connectivity index (χ0v) is 20.2. The van der Waals surface area contributed by atoms with Gasteiger partial charge < -0.3 is 20.1 Å². The highest BCUT2D eigenvalue weighted by Gasteiger charge is 2.28. The second-order valence-corrected chi connectivity index (χ2v) is 9.47. The summed E-state index contributed by atoms with van der Waals surface area (Å²) in [7, 11) is -4.03. The van der Waals surface area contributed by atoms with Gasteiger partial charge in [-0.05, 0) is 49.6 Å². The summed E-state index contributed by atoms with van der Waals surface area (Å²) < 4.78 is 39.9. The smallest absolute Gasteiger partial charge is 0.242 e. The molecule has 34 heavy (non-hydrogen) atoms.